The van der Waals surface area contributed by atoms with Crippen LogP contribution in [-0.2, 0) is 110 Å². The lowest BCUT2D eigenvalue weighted by Crippen LogP contribution is -2.65. The van der Waals surface area contributed by atoms with Crippen LogP contribution in [0.15, 0.2) is 170 Å². The fourth-order valence-electron chi connectivity index (χ4n) is 15.6. The van der Waals surface area contributed by atoms with Crippen molar-refractivity contribution in [3.05, 3.63) is 203 Å². The Morgan fingerprint density at radius 2 is 0.977 bits per heavy atom. The summed E-state index contributed by atoms with van der Waals surface area (Å²) in [6, 6.07) is 27.1. The van der Waals surface area contributed by atoms with Gasteiger partial charge < -0.3 is 98.4 Å². The van der Waals surface area contributed by atoms with E-state index in [0.717, 1.165) is 21.6 Å². The van der Waals surface area contributed by atoms with Gasteiger partial charge in [-0.1, -0.05) is 190 Å². The first-order valence-electron chi connectivity index (χ1n) is 43.4. The average molecular weight is 1820 g/mol. The van der Waals surface area contributed by atoms with Crippen molar-refractivity contribution in [2.75, 3.05) is 59.3 Å². The van der Waals surface area contributed by atoms with Crippen molar-refractivity contribution >= 4 is 126 Å². The van der Waals surface area contributed by atoms with Gasteiger partial charge in [0.2, 0.25) is 88.6 Å². The third kappa shape index (κ3) is 29.0. The Morgan fingerprint density at radius 3 is 1.52 bits per heavy atom. The number of primary amides is 1. The molecule has 2 fully saturated rings. The first kappa shape index (κ1) is 101. The maximum absolute atomic E-state index is 15.6. The number of nitrogens with two attached hydrogens (primary N) is 1. The number of nitrogens with zero attached hydrogens (tertiary/aromatic N) is 5. The predicted octanol–water partition coefficient (Wildman–Crippen LogP) is 3.03. The van der Waals surface area contributed by atoms with E-state index in [4.69, 9.17) is 5.73 Å². The van der Waals surface area contributed by atoms with Crippen LogP contribution >= 0.6 is 20.6 Å². The number of carbonyl (C=O) groups is 15. The minimum atomic E-state index is -1.62. The molecule has 9 rings (SSSR count). The van der Waals surface area contributed by atoms with Gasteiger partial charge in [-0.15, -0.1) is 11.8 Å². The summed E-state index contributed by atoms with van der Waals surface area (Å²) < 4.78 is 0. The highest BCUT2D eigenvalue weighted by molar-refractivity contribution is 8.00. The Balaban J connectivity index is 1.11. The number of nitrogens with one attached hydrogen (secondary N) is 10. The third-order valence-corrected chi connectivity index (χ3v) is 24.1. The number of benzene rings is 6. The lowest BCUT2D eigenvalue weighted by molar-refractivity contribution is -0.157. The van der Waals surface area contributed by atoms with Crippen LogP contribution in [0.5, 0.6) is 11.5 Å². The summed E-state index contributed by atoms with van der Waals surface area (Å²) in [7, 11) is 8.53. The molecule has 0 aliphatic carbocycles. The van der Waals surface area contributed by atoms with Gasteiger partial charge in [-0.05, 0) is 94.8 Å². The van der Waals surface area contributed by atoms with Crippen LogP contribution < -0.4 is 53.6 Å². The molecule has 7 aromatic rings. The van der Waals surface area contributed by atoms with E-state index < -0.39 is 198 Å². The Morgan fingerprint density at radius 1 is 0.500 bits per heavy atom. The molecule has 3 heterocycles. The average Bonchev–Trinajstić information content (AvgIpc) is 0.974. The number of phenols is 2. The maximum atomic E-state index is 15.6. The highest BCUT2D eigenvalue weighted by atomic mass is 32.2. The number of fused-ring (bicyclic) bond motifs is 2. The molecule has 0 bridgehead atoms. The van der Waals surface area contributed by atoms with Crippen molar-refractivity contribution in [2.45, 2.75) is 184 Å². The lowest BCUT2D eigenvalue weighted by Gasteiger charge is -2.44. The Kier molecular flexibility index (Phi) is 37.5. The number of amides is 15. The van der Waals surface area contributed by atoms with E-state index in [1.165, 1.54) is 91.4 Å². The number of rotatable bonds is 23. The van der Waals surface area contributed by atoms with Gasteiger partial charge in [-0.2, -0.15) is 0 Å². The summed E-state index contributed by atoms with van der Waals surface area (Å²) in [5.41, 5.74) is 8.77. The summed E-state index contributed by atoms with van der Waals surface area (Å²) >= 11 is 0.844. The van der Waals surface area contributed by atoms with E-state index >= 15 is 38.4 Å². The number of aromatic amines is 1. The summed E-state index contributed by atoms with van der Waals surface area (Å²) in [5, 5.41) is 56.7. The zero-order valence-corrected chi connectivity index (χ0v) is 76.3. The Labute approximate surface area is 762 Å². The number of aliphatic hydroxyl groups is 1. The molecule has 6 aromatic carbocycles. The second kappa shape index (κ2) is 48.4. The molecule has 2 aliphatic heterocycles. The van der Waals surface area contributed by atoms with E-state index in [1.807, 2.05) is 6.92 Å². The number of H-pyrrole nitrogens is 1. The van der Waals surface area contributed by atoms with E-state index in [1.54, 1.807) is 149 Å². The van der Waals surface area contributed by atoms with Gasteiger partial charge in [-0.3, -0.25) is 71.9 Å². The summed E-state index contributed by atoms with van der Waals surface area (Å²) in [6.45, 7) is 7.22. The quantitative estimate of drug-likeness (QED) is 0.0409. The monoisotopic (exact) mass is 1820 g/mol. The number of unbranched alkanes of at least 4 members (excludes halogenated alkanes) is 1. The zero-order chi connectivity index (χ0) is 94.6. The Hall–Kier alpha value is -13.0. The highest BCUT2D eigenvalue weighted by Crippen LogP contribution is 2.27. The number of likely N-dealkylation sites (N-methyl/N-ethyl adjacent to an activating group) is 4. The van der Waals surface area contributed by atoms with Crippen molar-refractivity contribution in [3.8, 4) is 11.5 Å². The molecule has 0 radical (unpaired) electrons. The molecule has 34 nitrogen and oxygen atoms in total. The van der Waals surface area contributed by atoms with Gasteiger partial charge in [0, 0.05) is 103 Å². The highest BCUT2D eigenvalue weighted by Gasteiger charge is 2.46. The molecule has 36 heteroatoms. The molecule has 0 saturated carbocycles. The first-order valence-corrected chi connectivity index (χ1v) is 45.0. The molecule has 15 N–H and O–H groups in total. The van der Waals surface area contributed by atoms with Crippen molar-refractivity contribution in [1.82, 2.24) is 77.3 Å². The van der Waals surface area contributed by atoms with Gasteiger partial charge in [0.25, 0.3) is 0 Å². The summed E-state index contributed by atoms with van der Waals surface area (Å²) in [6.07, 6.45) is 0.972. The van der Waals surface area contributed by atoms with Gasteiger partial charge >= 0.3 is 0 Å². The zero-order valence-electron chi connectivity index (χ0n) is 74.5. The SMILES string of the molecule is CCCC[C@H]1C(=O)N2CC[C@@H]2C(=O)N[C@@H](CC(O)=P)C(=O)N[C@@H](C(C)C)C(=O)N(C)[C@@H](Cc2ccccc2)C(=O)N[C@@H](Cc2ccc(O)cc2)C(=O)N(C)CC(=O)N[C@@H](Cc2c[nH]c3ccccc23)C(=O)N[C@@H](Cc2ccc(O)cc2)C(=O)N[C@@H](CC(C)C)C(=O)N[C@H](C(=O)NCC(N)=O)CSCC(=O)N[C@@H](Cc2ccccc2)C(=O)N(C)[C@@H](Cc2ccccc2)C(=O)N1C. The molecule has 12 atom stereocenters. The van der Waals surface area contributed by atoms with E-state index in [-0.39, 0.29) is 87.5 Å². The molecule has 130 heavy (non-hydrogen) atoms. The van der Waals surface area contributed by atoms with E-state index in [2.05, 4.69) is 61.7 Å². The summed E-state index contributed by atoms with van der Waals surface area (Å²) in [4.78, 5) is 233. The van der Waals surface area contributed by atoms with Crippen LogP contribution in [0.3, 0.4) is 0 Å². The topological polar surface area (TPSA) is 483 Å². The number of aromatic nitrogens is 1. The van der Waals surface area contributed by atoms with Crippen LogP contribution in [0.2, 0.25) is 0 Å². The number of aliphatic hydroxyl groups excluding tert-OH is 1. The third-order valence-electron chi connectivity index (χ3n) is 22.9. The number of hydrogen-bond donors (Lipinski definition) is 14. The van der Waals surface area contributed by atoms with Gasteiger partial charge in [0.1, 0.15) is 84.0 Å². The van der Waals surface area contributed by atoms with Crippen LogP contribution in [0.25, 0.3) is 10.9 Å². The second-order valence-electron chi connectivity index (χ2n) is 33.7. The van der Waals surface area contributed by atoms with Gasteiger partial charge in [0.15, 0.2) is 0 Å². The molecular weight excluding hydrogens is 1700 g/mol. The summed E-state index contributed by atoms with van der Waals surface area (Å²) in [5.74, 6) is -14.9. The van der Waals surface area contributed by atoms with Crippen LogP contribution in [0.4, 0.5) is 0 Å². The van der Waals surface area contributed by atoms with Crippen molar-refractivity contribution < 1.29 is 87.2 Å². The number of phenolic OH excluding ortho intramolecular Hbond substituents is 2. The fourth-order valence-corrected chi connectivity index (χ4v) is 16.6. The molecule has 694 valence electrons. The molecule has 2 saturated heterocycles. The van der Waals surface area contributed by atoms with E-state index in [9.17, 15) is 48.9 Å². The van der Waals surface area contributed by atoms with Crippen molar-refractivity contribution in [2.24, 2.45) is 17.6 Å². The lowest BCUT2D eigenvalue weighted by atomic mass is 9.96. The maximum Gasteiger partial charge on any atom is 0.246 e. The van der Waals surface area contributed by atoms with Crippen LogP contribution in [-0.4, -0.2) is 271 Å². The molecule has 0 unspecified atom stereocenters. The fraction of sp³-hybridized carbons (Fsp3) is 0.426. The van der Waals surface area contributed by atoms with Gasteiger partial charge in [-0.25, -0.2) is 0 Å². The predicted molar refractivity (Wildman–Crippen MR) is 492 cm³/mol. The van der Waals surface area contributed by atoms with Crippen molar-refractivity contribution in [3.63, 3.8) is 0 Å². The van der Waals surface area contributed by atoms with Crippen LogP contribution in [0.1, 0.15) is 107 Å². The molecule has 2 aliphatic rings. The standard InChI is InChI=1S/C94H119N16O18PS/c1-10-11-31-75-93(127)110-41-40-74(110)88(122)102-70(49-81(116)129)87(121)105-82(56(4)5)94(128)108(8)76(46-58-25-17-13-18-26-58)89(123)103-71(45-61-34-38-64(112)39-35-61)90(124)106(6)52-79(114)98-69(48-62-50-96-66-30-22-21-29-65(62)66)86(120)101-68(43-60-32-36-63(111)37-33-60)85(119)100-67(42-55(2)3)84(118)104-73(83(117)97-51-78(95)113)53-130-54-80(115)99-72(44-57-23-15-12-16-24-57)91(125)109(9)77(92(126)107(75)7)47-59-27-19-14-20-28-59/h12-30,32-39,50,55-56,67-77,82,96,111-112,116,129H,10-11,31,40-49,51-54H2,1-9H3,(H2,95,113)(H,97,117)(H,98,114)(H,99,115)(H,100,119)(H,101,120)(H,102,122)(H,103,123)(H,104,118)(H,105,121)/t67-,68-,69-,70-,71-,72-,73-,74+,75-,76-,77-,82-/m0/s1. The Bertz CT molecular complexity index is 5150. The molecular formula is C94H119N16O18PS. The largest absolute Gasteiger partial charge is 0.508 e. The number of para-hydroxylation sites is 1. The number of thioether (sulfide) groups is 1. The molecule has 1 aromatic heterocycles. The van der Waals surface area contributed by atoms with Crippen molar-refractivity contribution in [1.29, 1.82) is 0 Å². The first-order chi connectivity index (χ1) is 62.0. The number of aromatic hydroxyl groups is 2. The van der Waals surface area contributed by atoms with E-state index in [0.29, 0.717) is 57.1 Å². The smallest absolute Gasteiger partial charge is 0.246 e. The van der Waals surface area contributed by atoms with Gasteiger partial charge in [0.05, 0.1) is 24.3 Å². The molecule has 0 spiro atoms. The normalized spacial score (nSPS) is 22.7. The number of carbonyl (C=O) groups excluding carboxylic acids is 15. The second-order valence-corrected chi connectivity index (χ2v) is 35.3. The van der Waals surface area contributed by atoms with Crippen LogP contribution in [0, 0.1) is 11.8 Å². The number of hydrogen-bond acceptors (Lipinski definition) is 18. The minimum absolute atomic E-state index is 0.0306. The molecule has 15 amide bonds. The minimum Gasteiger partial charge on any atom is -0.508 e.